The highest BCUT2D eigenvalue weighted by Gasteiger charge is 1.93. The Morgan fingerprint density at radius 3 is 3.10 bits per heavy atom. The highest BCUT2D eigenvalue weighted by molar-refractivity contribution is 5.02. The van der Waals surface area contributed by atoms with E-state index in [1.165, 1.54) is 6.20 Å². The number of nitrogens with zero attached hydrogens (tertiary/aromatic N) is 2. The van der Waals surface area contributed by atoms with E-state index in [9.17, 15) is 4.39 Å². The van der Waals surface area contributed by atoms with Crippen molar-refractivity contribution in [3.8, 4) is 0 Å². The smallest absolute Gasteiger partial charge is 0.211 e. The summed E-state index contributed by atoms with van der Waals surface area (Å²) in [7, 11) is 0. The zero-order valence-electron chi connectivity index (χ0n) is 5.42. The van der Waals surface area contributed by atoms with Crippen molar-refractivity contribution >= 4 is 0 Å². The summed E-state index contributed by atoms with van der Waals surface area (Å²) < 4.78 is 12.2. The number of hydrogen-bond acceptors (Lipinski definition) is 2. The fourth-order valence-corrected chi connectivity index (χ4v) is 0.631. The molecule has 0 aliphatic carbocycles. The lowest BCUT2D eigenvalue weighted by atomic mass is 10.3. The van der Waals surface area contributed by atoms with Gasteiger partial charge in [0.15, 0.2) is 0 Å². The summed E-state index contributed by atoms with van der Waals surface area (Å²) in [5, 5.41) is 0. The maximum atomic E-state index is 12.2. The van der Waals surface area contributed by atoms with Crippen LogP contribution in [-0.2, 0) is 6.42 Å². The third-order valence-corrected chi connectivity index (χ3v) is 1.04. The zero-order valence-corrected chi connectivity index (χ0v) is 5.42. The molecule has 0 fully saturated rings. The van der Waals surface area contributed by atoms with Crippen molar-refractivity contribution in [2.45, 2.75) is 6.42 Å². The van der Waals surface area contributed by atoms with Crippen LogP contribution in [-0.4, -0.2) is 9.97 Å². The minimum absolute atomic E-state index is 0.583. The Labute approximate surface area is 58.4 Å². The number of aromatic nitrogens is 2. The molecule has 0 aliphatic heterocycles. The van der Waals surface area contributed by atoms with Crippen molar-refractivity contribution in [1.29, 1.82) is 0 Å². The van der Waals surface area contributed by atoms with Crippen molar-refractivity contribution in [3.05, 3.63) is 36.7 Å². The molecule has 0 bridgehead atoms. The first kappa shape index (κ1) is 6.86. The Morgan fingerprint density at radius 1 is 1.70 bits per heavy atom. The van der Waals surface area contributed by atoms with Crippen molar-refractivity contribution in [1.82, 2.24) is 9.97 Å². The minimum Gasteiger partial charge on any atom is -0.211 e. The summed E-state index contributed by atoms with van der Waals surface area (Å²) in [6.07, 6.45) is 2.96. The van der Waals surface area contributed by atoms with Crippen LogP contribution >= 0.6 is 0 Å². The lowest BCUT2D eigenvalue weighted by Crippen LogP contribution is -1.92. The second-order valence-electron chi connectivity index (χ2n) is 1.81. The standard InChI is InChI=1S/C7H7FN2/c1-2-3-6-4-5-9-7(8)10-6/h2,4-5H,1,3H2. The largest absolute Gasteiger partial charge is 0.308 e. The van der Waals surface area contributed by atoms with Gasteiger partial charge in [0.25, 0.3) is 0 Å². The Hall–Kier alpha value is -1.25. The van der Waals surface area contributed by atoms with Crippen LogP contribution in [0.3, 0.4) is 0 Å². The molecule has 1 heterocycles. The van der Waals surface area contributed by atoms with Crippen molar-refractivity contribution < 1.29 is 4.39 Å². The van der Waals surface area contributed by atoms with Crippen LogP contribution in [0.1, 0.15) is 5.69 Å². The van der Waals surface area contributed by atoms with Crippen LogP contribution < -0.4 is 0 Å². The molecule has 0 spiro atoms. The Bertz CT molecular complexity index is 235. The lowest BCUT2D eigenvalue weighted by molar-refractivity contribution is 0.533. The highest BCUT2D eigenvalue weighted by atomic mass is 19.1. The molecule has 0 amide bonds. The summed E-state index contributed by atoms with van der Waals surface area (Å²) in [5.41, 5.74) is 0.655. The Morgan fingerprint density at radius 2 is 2.50 bits per heavy atom. The molecule has 0 saturated heterocycles. The third kappa shape index (κ3) is 1.62. The molecule has 1 rings (SSSR count). The van der Waals surface area contributed by atoms with Gasteiger partial charge in [-0.2, -0.15) is 4.39 Å². The average molecular weight is 138 g/mol. The van der Waals surface area contributed by atoms with Gasteiger partial charge in [0.2, 0.25) is 0 Å². The van der Waals surface area contributed by atoms with E-state index in [0.29, 0.717) is 12.1 Å². The first-order valence-electron chi connectivity index (χ1n) is 2.91. The number of halogens is 1. The van der Waals surface area contributed by atoms with E-state index >= 15 is 0 Å². The van der Waals surface area contributed by atoms with Crippen LogP contribution in [0.25, 0.3) is 0 Å². The van der Waals surface area contributed by atoms with Crippen LogP contribution in [0.15, 0.2) is 24.9 Å². The molecule has 52 valence electrons. The fourth-order valence-electron chi connectivity index (χ4n) is 0.631. The Balaban J connectivity index is 2.84. The van der Waals surface area contributed by atoms with Gasteiger partial charge in [-0.15, -0.1) is 6.58 Å². The predicted molar refractivity (Wildman–Crippen MR) is 35.9 cm³/mol. The molecule has 0 saturated carbocycles. The summed E-state index contributed by atoms with van der Waals surface area (Å²) in [4.78, 5) is 6.82. The Kier molecular flexibility index (Phi) is 2.10. The van der Waals surface area contributed by atoms with E-state index in [2.05, 4.69) is 16.5 Å². The molecule has 1 aromatic heterocycles. The highest BCUT2D eigenvalue weighted by Crippen LogP contribution is 1.94. The fraction of sp³-hybridized carbons (Fsp3) is 0.143. The first-order chi connectivity index (χ1) is 4.83. The van der Waals surface area contributed by atoms with Crippen LogP contribution in [0, 0.1) is 6.08 Å². The zero-order chi connectivity index (χ0) is 7.40. The molecule has 0 N–H and O–H groups in total. The van der Waals surface area contributed by atoms with Gasteiger partial charge in [-0.25, -0.2) is 9.97 Å². The van der Waals surface area contributed by atoms with Gasteiger partial charge in [-0.3, -0.25) is 0 Å². The van der Waals surface area contributed by atoms with Gasteiger partial charge >= 0.3 is 6.08 Å². The maximum Gasteiger partial charge on any atom is 0.308 e. The SMILES string of the molecule is C=CCc1ccnc(F)n1. The van der Waals surface area contributed by atoms with Gasteiger partial charge in [-0.05, 0) is 6.07 Å². The summed E-state index contributed by atoms with van der Waals surface area (Å²) in [6, 6.07) is 1.66. The number of rotatable bonds is 2. The maximum absolute atomic E-state index is 12.2. The van der Waals surface area contributed by atoms with Gasteiger partial charge in [0.1, 0.15) is 0 Å². The molecule has 2 nitrogen and oxygen atoms in total. The van der Waals surface area contributed by atoms with Crippen molar-refractivity contribution in [2.75, 3.05) is 0 Å². The van der Waals surface area contributed by atoms with Gasteiger partial charge in [0, 0.05) is 12.6 Å². The molecule has 0 atom stereocenters. The van der Waals surface area contributed by atoms with Gasteiger partial charge < -0.3 is 0 Å². The van der Waals surface area contributed by atoms with E-state index in [1.807, 2.05) is 0 Å². The van der Waals surface area contributed by atoms with Crippen LogP contribution in [0.4, 0.5) is 4.39 Å². The van der Waals surface area contributed by atoms with Crippen molar-refractivity contribution in [3.63, 3.8) is 0 Å². The topological polar surface area (TPSA) is 25.8 Å². The van der Waals surface area contributed by atoms with E-state index in [1.54, 1.807) is 12.1 Å². The van der Waals surface area contributed by atoms with Gasteiger partial charge in [-0.1, -0.05) is 6.08 Å². The molecule has 1 aromatic rings. The van der Waals surface area contributed by atoms with Crippen LogP contribution in [0.2, 0.25) is 0 Å². The van der Waals surface area contributed by atoms with E-state index in [-0.39, 0.29) is 0 Å². The van der Waals surface area contributed by atoms with E-state index in [4.69, 9.17) is 0 Å². The molecular formula is C7H7FN2. The van der Waals surface area contributed by atoms with Gasteiger partial charge in [0.05, 0.1) is 5.69 Å². The number of hydrogen-bond donors (Lipinski definition) is 0. The first-order valence-corrected chi connectivity index (χ1v) is 2.91. The molecule has 0 unspecified atom stereocenters. The summed E-state index contributed by atoms with van der Waals surface area (Å²) in [5.74, 6) is 0. The van der Waals surface area contributed by atoms with E-state index in [0.717, 1.165) is 0 Å². The second-order valence-corrected chi connectivity index (χ2v) is 1.81. The molecule has 0 aromatic carbocycles. The van der Waals surface area contributed by atoms with Crippen LogP contribution in [0.5, 0.6) is 0 Å². The van der Waals surface area contributed by atoms with E-state index < -0.39 is 6.08 Å². The third-order valence-electron chi connectivity index (χ3n) is 1.04. The normalized spacial score (nSPS) is 9.30. The minimum atomic E-state index is -0.681. The number of allylic oxidation sites excluding steroid dienone is 1. The molecular weight excluding hydrogens is 131 g/mol. The van der Waals surface area contributed by atoms with Crippen molar-refractivity contribution in [2.24, 2.45) is 0 Å². The monoisotopic (exact) mass is 138 g/mol. The second kappa shape index (κ2) is 3.06. The quantitative estimate of drug-likeness (QED) is 0.455. The molecule has 10 heavy (non-hydrogen) atoms. The molecule has 3 heteroatoms. The summed E-state index contributed by atoms with van der Waals surface area (Å²) in [6.45, 7) is 3.50. The predicted octanol–water partition coefficient (Wildman–Crippen LogP) is 1.34. The summed E-state index contributed by atoms with van der Waals surface area (Å²) >= 11 is 0. The molecule has 0 aliphatic rings. The average Bonchev–Trinajstić information content (AvgIpc) is 1.88. The lowest BCUT2D eigenvalue weighted by Gasteiger charge is -1.91. The molecule has 0 radical (unpaired) electrons.